The standard InChI is InChI=1S/C6H12O6.CH4/c7-1-2-3(8)4(9)5(10)6(11)12-2;/h2-11H,1H2;1H4/p+1/t2?,3-,4?,5+,6+;/m1./s1. The van der Waals surface area contributed by atoms with Gasteiger partial charge in [0.25, 0.3) is 0 Å². The molecule has 0 aromatic rings. The summed E-state index contributed by atoms with van der Waals surface area (Å²) < 4.78 is 4.58. The van der Waals surface area contributed by atoms with Gasteiger partial charge in [-0.05, 0) is 0 Å². The molecule has 80 valence electrons. The Kier molecular flexibility index (Phi) is 4.76. The van der Waals surface area contributed by atoms with Gasteiger partial charge in [0.15, 0.2) is 6.29 Å². The van der Waals surface area contributed by atoms with Crippen LogP contribution in [-0.2, 0) is 4.74 Å². The van der Waals surface area contributed by atoms with Crippen molar-refractivity contribution < 1.29 is 31.7 Å². The van der Waals surface area contributed by atoms with E-state index in [2.05, 4.69) is 4.74 Å². The minimum absolute atomic E-state index is 0. The van der Waals surface area contributed by atoms with Crippen LogP contribution in [0.3, 0.4) is 0 Å². The average molecular weight is 197 g/mol. The Hall–Kier alpha value is -0.240. The fourth-order valence-electron chi connectivity index (χ4n) is 1.08. The van der Waals surface area contributed by atoms with E-state index >= 15 is 0 Å². The van der Waals surface area contributed by atoms with Gasteiger partial charge >= 0.3 is 1.43 Å². The predicted molar refractivity (Wildman–Crippen MR) is 43.8 cm³/mol. The summed E-state index contributed by atoms with van der Waals surface area (Å²) in [5.41, 5.74) is 0. The molecule has 1 aliphatic heterocycles. The number of hydrogen-bond acceptors (Lipinski definition) is 6. The third kappa shape index (κ3) is 2.37. The average Bonchev–Trinajstić information content (AvgIpc) is 2.08. The number of aliphatic hydroxyl groups excluding tert-OH is 5. The van der Waals surface area contributed by atoms with Crippen LogP contribution in [0.5, 0.6) is 0 Å². The Morgan fingerprint density at radius 3 is 2.00 bits per heavy atom. The Morgan fingerprint density at radius 1 is 1.00 bits per heavy atom. The van der Waals surface area contributed by atoms with E-state index in [0.29, 0.717) is 0 Å². The molecule has 0 aromatic carbocycles. The van der Waals surface area contributed by atoms with Crippen LogP contribution in [0.15, 0.2) is 0 Å². The molecule has 1 saturated heterocycles. The zero-order valence-electron chi connectivity index (χ0n) is 7.24. The van der Waals surface area contributed by atoms with Gasteiger partial charge in [0, 0.05) is 0 Å². The Labute approximate surface area is 77.5 Å². The van der Waals surface area contributed by atoms with Crippen LogP contribution in [-0.4, -0.2) is 62.8 Å². The Bertz CT molecular complexity index is 152. The summed E-state index contributed by atoms with van der Waals surface area (Å²) >= 11 is 0. The van der Waals surface area contributed by atoms with Gasteiger partial charge in [0.2, 0.25) is 0 Å². The van der Waals surface area contributed by atoms with Gasteiger partial charge in [0.05, 0.1) is 6.61 Å². The van der Waals surface area contributed by atoms with Gasteiger partial charge in [-0.2, -0.15) is 0 Å². The van der Waals surface area contributed by atoms with E-state index in [1.54, 1.807) is 0 Å². The Morgan fingerprint density at radius 2 is 1.54 bits per heavy atom. The maximum absolute atomic E-state index is 9.12. The number of hydrogen-bond donors (Lipinski definition) is 5. The molecule has 0 saturated carbocycles. The maximum atomic E-state index is 9.12. The normalized spacial score (nSPS) is 45.5. The first-order valence-electron chi connectivity index (χ1n) is 3.56. The molecule has 0 bridgehead atoms. The van der Waals surface area contributed by atoms with Gasteiger partial charge in [-0.3, -0.25) is 0 Å². The van der Waals surface area contributed by atoms with Crippen molar-refractivity contribution in [2.45, 2.75) is 38.1 Å². The molecule has 5 atom stereocenters. The number of rotatable bonds is 1. The molecule has 0 aromatic heterocycles. The van der Waals surface area contributed by atoms with E-state index in [0.717, 1.165) is 0 Å². The van der Waals surface area contributed by atoms with Crippen LogP contribution < -0.4 is 0 Å². The second-order valence-corrected chi connectivity index (χ2v) is 2.72. The molecular formula is C7H17O6+. The first kappa shape index (κ1) is 12.8. The molecular weight excluding hydrogens is 180 g/mol. The highest BCUT2D eigenvalue weighted by atomic mass is 16.6. The summed E-state index contributed by atoms with van der Waals surface area (Å²) in [4.78, 5) is 0. The highest BCUT2D eigenvalue weighted by Gasteiger charge is 2.42. The molecule has 1 rings (SSSR count). The molecule has 1 aliphatic rings. The highest BCUT2D eigenvalue weighted by Crippen LogP contribution is 2.18. The van der Waals surface area contributed by atoms with E-state index in [9.17, 15) is 0 Å². The molecule has 0 spiro atoms. The van der Waals surface area contributed by atoms with Gasteiger partial charge < -0.3 is 30.3 Å². The molecule has 0 aliphatic carbocycles. The van der Waals surface area contributed by atoms with Crippen molar-refractivity contribution >= 4 is 0 Å². The van der Waals surface area contributed by atoms with E-state index in [1.807, 2.05) is 0 Å². The van der Waals surface area contributed by atoms with Gasteiger partial charge in [-0.15, -0.1) is 0 Å². The largest absolute Gasteiger partial charge is 1.00 e. The molecule has 13 heavy (non-hydrogen) atoms. The Balaban J connectivity index is 0. The third-order valence-corrected chi connectivity index (χ3v) is 1.87. The highest BCUT2D eigenvalue weighted by molar-refractivity contribution is 4.87. The van der Waals surface area contributed by atoms with Crippen molar-refractivity contribution in [3.63, 3.8) is 0 Å². The number of aliphatic hydroxyl groups is 5. The molecule has 2 unspecified atom stereocenters. The number of ether oxygens (including phenoxy) is 1. The molecule has 5 N–H and O–H groups in total. The van der Waals surface area contributed by atoms with Crippen molar-refractivity contribution in [3.8, 4) is 0 Å². The van der Waals surface area contributed by atoms with E-state index in [1.165, 1.54) is 0 Å². The van der Waals surface area contributed by atoms with Crippen LogP contribution in [0, 0.1) is 0 Å². The molecule has 0 amide bonds. The maximum Gasteiger partial charge on any atom is 1.00 e. The summed E-state index contributed by atoms with van der Waals surface area (Å²) in [6, 6.07) is 0. The first-order valence-corrected chi connectivity index (χ1v) is 3.56. The lowest BCUT2D eigenvalue weighted by molar-refractivity contribution is -0.286. The first-order chi connectivity index (χ1) is 5.57. The zero-order valence-corrected chi connectivity index (χ0v) is 6.24. The molecule has 1 heterocycles. The molecule has 1 fully saturated rings. The second kappa shape index (κ2) is 4.85. The predicted octanol–water partition coefficient (Wildman–Crippen LogP) is -2.47. The zero-order chi connectivity index (χ0) is 9.30. The fourth-order valence-corrected chi connectivity index (χ4v) is 1.08. The van der Waals surface area contributed by atoms with Crippen LogP contribution in [0.4, 0.5) is 0 Å². The quantitative estimate of drug-likeness (QED) is 0.318. The summed E-state index contributed by atoms with van der Waals surface area (Å²) in [6.07, 6.45) is -7.04. The van der Waals surface area contributed by atoms with Crippen LogP contribution in [0.25, 0.3) is 0 Å². The van der Waals surface area contributed by atoms with E-state index < -0.39 is 37.3 Å². The van der Waals surface area contributed by atoms with Gasteiger partial charge in [0.1, 0.15) is 24.4 Å². The topological polar surface area (TPSA) is 110 Å². The summed E-state index contributed by atoms with van der Waals surface area (Å²) in [6.45, 7) is -0.526. The van der Waals surface area contributed by atoms with E-state index in [4.69, 9.17) is 25.5 Å². The van der Waals surface area contributed by atoms with Crippen molar-refractivity contribution in [2.24, 2.45) is 0 Å². The van der Waals surface area contributed by atoms with E-state index in [-0.39, 0.29) is 8.85 Å². The lowest BCUT2D eigenvalue weighted by Gasteiger charge is -2.37. The van der Waals surface area contributed by atoms with Crippen LogP contribution in [0.2, 0.25) is 0 Å². The van der Waals surface area contributed by atoms with Crippen LogP contribution >= 0.6 is 0 Å². The van der Waals surface area contributed by atoms with Gasteiger partial charge in [-0.25, -0.2) is 0 Å². The monoisotopic (exact) mass is 197 g/mol. The SMILES string of the molecule is C.OCC1O[C@H](O)[C@@H](O)C(O)[C@@H]1O.[H+]. The lowest BCUT2D eigenvalue weighted by Crippen LogP contribution is -2.58. The van der Waals surface area contributed by atoms with Crippen molar-refractivity contribution in [1.82, 2.24) is 0 Å². The molecule has 6 heteroatoms. The van der Waals surface area contributed by atoms with Crippen molar-refractivity contribution in [1.29, 1.82) is 0 Å². The lowest BCUT2D eigenvalue weighted by atomic mass is 10.00. The summed E-state index contributed by atoms with van der Waals surface area (Å²) in [5.74, 6) is 0. The summed E-state index contributed by atoms with van der Waals surface area (Å²) in [7, 11) is 0. The fraction of sp³-hybridized carbons (Fsp3) is 1.00. The second-order valence-electron chi connectivity index (χ2n) is 2.72. The minimum Gasteiger partial charge on any atom is -0.394 e. The minimum atomic E-state index is -1.57. The summed E-state index contributed by atoms with van der Waals surface area (Å²) in [5, 5.41) is 44.7. The van der Waals surface area contributed by atoms with Crippen molar-refractivity contribution in [2.75, 3.05) is 6.61 Å². The molecule has 6 nitrogen and oxygen atoms in total. The third-order valence-electron chi connectivity index (χ3n) is 1.87. The van der Waals surface area contributed by atoms with Crippen molar-refractivity contribution in [3.05, 3.63) is 0 Å². The smallest absolute Gasteiger partial charge is 0.394 e. The van der Waals surface area contributed by atoms with Gasteiger partial charge in [-0.1, -0.05) is 7.43 Å². The van der Waals surface area contributed by atoms with Crippen LogP contribution in [0.1, 0.15) is 8.85 Å². The molecule has 0 radical (unpaired) electrons.